The van der Waals surface area contributed by atoms with Gasteiger partial charge in [-0.15, -0.1) is 0 Å². The molecular formula is C33H20N2. The molecule has 0 saturated carbocycles. The van der Waals surface area contributed by atoms with E-state index in [0.29, 0.717) is 0 Å². The van der Waals surface area contributed by atoms with Crippen LogP contribution >= 0.6 is 0 Å². The minimum Gasteiger partial charge on any atom is -0.292 e. The summed E-state index contributed by atoms with van der Waals surface area (Å²) in [5.41, 5.74) is 15.8. The van der Waals surface area contributed by atoms with E-state index in [1.54, 1.807) is 0 Å². The Kier molecular flexibility index (Phi) is 3.16. The van der Waals surface area contributed by atoms with Crippen molar-refractivity contribution in [2.75, 3.05) is 0 Å². The van der Waals surface area contributed by atoms with Crippen LogP contribution in [0.3, 0.4) is 0 Å². The SMILES string of the molecule is c1ccc2c(c1)Cc1cc3c(cc1-2)Cc1cc2c(cc1-3)nc1c3ccccc3c3ccccc3n21. The van der Waals surface area contributed by atoms with Crippen LogP contribution in [0.1, 0.15) is 22.3 Å². The van der Waals surface area contributed by atoms with Gasteiger partial charge in [0.15, 0.2) is 0 Å². The highest BCUT2D eigenvalue weighted by atomic mass is 15.0. The maximum atomic E-state index is 5.21. The summed E-state index contributed by atoms with van der Waals surface area (Å²) in [4.78, 5) is 5.21. The lowest BCUT2D eigenvalue weighted by molar-refractivity contribution is 1.24. The molecule has 0 unspecified atom stereocenters. The number of imidazole rings is 1. The zero-order valence-electron chi connectivity index (χ0n) is 19.0. The van der Waals surface area contributed by atoms with Crippen LogP contribution in [0.5, 0.6) is 0 Å². The quantitative estimate of drug-likeness (QED) is 0.217. The molecule has 0 radical (unpaired) electrons. The van der Waals surface area contributed by atoms with Crippen molar-refractivity contribution in [3.8, 4) is 22.3 Å². The fraction of sp³-hybridized carbons (Fsp3) is 0.0606. The fourth-order valence-electron chi connectivity index (χ4n) is 6.63. The van der Waals surface area contributed by atoms with Gasteiger partial charge in [-0.25, -0.2) is 4.98 Å². The smallest absolute Gasteiger partial charge is 0.146 e. The van der Waals surface area contributed by atoms with Gasteiger partial charge in [0.1, 0.15) is 5.65 Å². The molecule has 0 amide bonds. The van der Waals surface area contributed by atoms with Gasteiger partial charge in [0.2, 0.25) is 0 Å². The summed E-state index contributed by atoms with van der Waals surface area (Å²) in [5.74, 6) is 0. The number of para-hydroxylation sites is 1. The van der Waals surface area contributed by atoms with Crippen molar-refractivity contribution < 1.29 is 0 Å². The van der Waals surface area contributed by atoms with E-state index < -0.39 is 0 Å². The second-order valence-corrected chi connectivity index (χ2v) is 10.0. The summed E-state index contributed by atoms with van der Waals surface area (Å²) in [6.07, 6.45) is 2.01. The standard InChI is InChI=1S/C33H20N2/c1-2-8-23-19(7-1)13-20-16-28-21(15-27(20)23)14-22-17-32-30(18-29(22)28)34-33-26-11-4-3-9-24(26)25-10-5-6-12-31(25)35(32)33/h1-12,15-18H,13-14H2. The Morgan fingerprint density at radius 1 is 0.486 bits per heavy atom. The fourth-order valence-corrected chi connectivity index (χ4v) is 6.63. The number of nitrogens with zero attached hydrogens (tertiary/aromatic N) is 2. The van der Waals surface area contributed by atoms with Crippen molar-refractivity contribution in [2.45, 2.75) is 12.8 Å². The molecule has 0 N–H and O–H groups in total. The largest absolute Gasteiger partial charge is 0.292 e. The van der Waals surface area contributed by atoms with Crippen LogP contribution in [0.2, 0.25) is 0 Å². The molecule has 0 atom stereocenters. The van der Waals surface area contributed by atoms with Crippen molar-refractivity contribution >= 4 is 38.4 Å². The molecule has 0 spiro atoms. The highest BCUT2D eigenvalue weighted by Gasteiger charge is 2.26. The van der Waals surface area contributed by atoms with E-state index in [4.69, 9.17) is 4.98 Å². The predicted molar refractivity (Wildman–Crippen MR) is 144 cm³/mol. The minimum absolute atomic E-state index is 0.981. The average molecular weight is 445 g/mol. The third-order valence-corrected chi connectivity index (χ3v) is 8.17. The minimum atomic E-state index is 0.981. The molecular weight excluding hydrogens is 424 g/mol. The molecule has 0 fully saturated rings. The van der Waals surface area contributed by atoms with E-state index in [1.165, 1.54) is 71.7 Å². The summed E-state index contributed by atoms with van der Waals surface area (Å²) >= 11 is 0. The molecule has 0 saturated heterocycles. The third kappa shape index (κ3) is 2.22. The van der Waals surface area contributed by atoms with Crippen LogP contribution < -0.4 is 0 Å². The van der Waals surface area contributed by atoms with Crippen LogP contribution in [0, 0.1) is 0 Å². The number of aromatic nitrogens is 2. The van der Waals surface area contributed by atoms with Crippen LogP contribution in [-0.4, -0.2) is 9.38 Å². The Morgan fingerprint density at radius 2 is 1.11 bits per heavy atom. The molecule has 5 aromatic carbocycles. The number of benzene rings is 5. The number of hydrogen-bond acceptors (Lipinski definition) is 1. The second kappa shape index (κ2) is 6.17. The van der Waals surface area contributed by atoms with Crippen LogP contribution in [0.4, 0.5) is 0 Å². The first kappa shape index (κ1) is 18.0. The molecule has 162 valence electrons. The average Bonchev–Trinajstić information content (AvgIpc) is 3.57. The molecule has 2 nitrogen and oxygen atoms in total. The van der Waals surface area contributed by atoms with E-state index in [0.717, 1.165) is 24.0 Å². The molecule has 9 rings (SSSR count). The first-order chi connectivity index (χ1) is 17.3. The van der Waals surface area contributed by atoms with E-state index >= 15 is 0 Å². The summed E-state index contributed by atoms with van der Waals surface area (Å²) in [7, 11) is 0. The van der Waals surface area contributed by atoms with E-state index in [-0.39, 0.29) is 0 Å². The van der Waals surface area contributed by atoms with Crippen molar-refractivity contribution in [1.29, 1.82) is 0 Å². The highest BCUT2D eigenvalue weighted by Crippen LogP contribution is 2.46. The monoisotopic (exact) mass is 444 g/mol. The molecule has 7 aromatic rings. The Labute approximate surface area is 202 Å². The number of rotatable bonds is 0. The predicted octanol–water partition coefficient (Wildman–Crippen LogP) is 7.94. The van der Waals surface area contributed by atoms with Gasteiger partial charge in [0.25, 0.3) is 0 Å². The lowest BCUT2D eigenvalue weighted by atomic mass is 9.98. The topological polar surface area (TPSA) is 17.3 Å². The number of pyridine rings is 1. The third-order valence-electron chi connectivity index (χ3n) is 8.17. The zero-order valence-corrected chi connectivity index (χ0v) is 19.0. The maximum absolute atomic E-state index is 5.21. The van der Waals surface area contributed by atoms with E-state index in [1.807, 2.05) is 0 Å². The lowest BCUT2D eigenvalue weighted by Crippen LogP contribution is -1.91. The highest BCUT2D eigenvalue weighted by molar-refractivity contribution is 6.14. The summed E-state index contributed by atoms with van der Waals surface area (Å²) in [6.45, 7) is 0. The van der Waals surface area contributed by atoms with Gasteiger partial charge < -0.3 is 0 Å². The van der Waals surface area contributed by atoms with Gasteiger partial charge in [0.05, 0.1) is 16.6 Å². The van der Waals surface area contributed by atoms with Gasteiger partial charge >= 0.3 is 0 Å². The molecule has 2 aliphatic carbocycles. The van der Waals surface area contributed by atoms with Gasteiger partial charge in [-0.2, -0.15) is 0 Å². The number of hydrogen-bond donors (Lipinski definition) is 0. The van der Waals surface area contributed by atoms with Gasteiger partial charge in [-0.1, -0.05) is 66.7 Å². The normalized spacial score (nSPS) is 13.5. The molecule has 0 bridgehead atoms. The zero-order chi connectivity index (χ0) is 22.7. The molecule has 2 heteroatoms. The van der Waals surface area contributed by atoms with Crippen LogP contribution in [0.15, 0.2) is 97.1 Å². The van der Waals surface area contributed by atoms with Gasteiger partial charge in [-0.3, -0.25) is 4.40 Å². The van der Waals surface area contributed by atoms with Gasteiger partial charge in [-0.05, 0) is 93.1 Å². The summed E-state index contributed by atoms with van der Waals surface area (Å²) < 4.78 is 2.37. The number of fused-ring (bicyclic) bond motifs is 14. The molecule has 2 heterocycles. The first-order valence-corrected chi connectivity index (χ1v) is 12.3. The second-order valence-electron chi connectivity index (χ2n) is 10.0. The Morgan fingerprint density at radius 3 is 2.00 bits per heavy atom. The van der Waals surface area contributed by atoms with Crippen molar-refractivity contribution in [1.82, 2.24) is 9.38 Å². The Balaban J connectivity index is 1.33. The molecule has 35 heavy (non-hydrogen) atoms. The summed E-state index contributed by atoms with van der Waals surface area (Å²) in [6, 6.07) is 35.8. The first-order valence-electron chi connectivity index (χ1n) is 12.3. The van der Waals surface area contributed by atoms with E-state index in [9.17, 15) is 0 Å². The molecule has 0 aliphatic heterocycles. The maximum Gasteiger partial charge on any atom is 0.146 e. The summed E-state index contributed by atoms with van der Waals surface area (Å²) in [5, 5.41) is 3.74. The molecule has 2 aliphatic rings. The Hall–Kier alpha value is -4.43. The molecule has 2 aromatic heterocycles. The van der Waals surface area contributed by atoms with Crippen LogP contribution in [-0.2, 0) is 12.8 Å². The lowest BCUT2D eigenvalue weighted by Gasteiger charge is -2.09. The van der Waals surface area contributed by atoms with E-state index in [2.05, 4.69) is 101 Å². The van der Waals surface area contributed by atoms with Crippen molar-refractivity contribution in [3.05, 3.63) is 119 Å². The van der Waals surface area contributed by atoms with Crippen LogP contribution in [0.25, 0.3) is 60.6 Å². The van der Waals surface area contributed by atoms with Crippen molar-refractivity contribution in [3.63, 3.8) is 0 Å². The Bertz CT molecular complexity index is 2060. The van der Waals surface area contributed by atoms with Gasteiger partial charge in [0, 0.05) is 10.8 Å². The van der Waals surface area contributed by atoms with Crippen molar-refractivity contribution in [2.24, 2.45) is 0 Å².